The molecule has 60 heavy (non-hydrogen) atoms. The lowest BCUT2D eigenvalue weighted by molar-refractivity contribution is 0.546. The quantitative estimate of drug-likeness (QED) is 0.103. The maximum atomic E-state index is 6.64. The van der Waals surface area contributed by atoms with Gasteiger partial charge in [-0.05, 0) is 118 Å². The number of nitrogens with zero attached hydrogens (tertiary/aromatic N) is 2. The predicted octanol–water partition coefficient (Wildman–Crippen LogP) is 14.7. The molecule has 1 aliphatic heterocycles. The minimum Gasteiger partial charge on any atom is -0.340 e. The number of allylic oxidation sites excluding steroid dienone is 11. The summed E-state index contributed by atoms with van der Waals surface area (Å²) in [7, 11) is 0. The third-order valence-corrected chi connectivity index (χ3v) is 12.8. The number of terminal acetylenes is 1. The van der Waals surface area contributed by atoms with Gasteiger partial charge in [0.05, 0.1) is 17.4 Å². The molecule has 0 spiro atoms. The summed E-state index contributed by atoms with van der Waals surface area (Å²) in [5.74, 6) is 3.53. The van der Waals surface area contributed by atoms with Crippen molar-refractivity contribution in [2.75, 3.05) is 9.80 Å². The molecule has 0 amide bonds. The molecular formula is C58H52N2. The molecule has 0 radical (unpaired) electrons. The average molecular weight is 777 g/mol. The van der Waals surface area contributed by atoms with Crippen LogP contribution in [0.2, 0.25) is 0 Å². The topological polar surface area (TPSA) is 6.48 Å². The van der Waals surface area contributed by atoms with Gasteiger partial charge in [0.15, 0.2) is 0 Å². The first-order valence-electron chi connectivity index (χ1n) is 21.5. The second kappa shape index (κ2) is 16.8. The maximum absolute atomic E-state index is 6.64. The highest BCUT2D eigenvalue weighted by atomic mass is 15.2. The number of hydrogen-bond acceptors (Lipinski definition) is 2. The molecule has 0 aromatic heterocycles. The monoisotopic (exact) mass is 776 g/mol. The third kappa shape index (κ3) is 6.95. The molecule has 2 heteroatoms. The van der Waals surface area contributed by atoms with E-state index in [9.17, 15) is 0 Å². The molecule has 3 aliphatic carbocycles. The Balaban J connectivity index is 1.15. The predicted molar refractivity (Wildman–Crippen MR) is 256 cm³/mol. The first-order chi connectivity index (χ1) is 29.5. The number of hydrogen-bond donors (Lipinski definition) is 0. The van der Waals surface area contributed by atoms with Crippen LogP contribution in [0.3, 0.4) is 0 Å². The van der Waals surface area contributed by atoms with Crippen LogP contribution in [-0.4, -0.2) is 6.04 Å². The molecule has 4 aliphatic rings. The fourth-order valence-corrected chi connectivity index (χ4v) is 9.49. The number of fused-ring (bicyclic) bond motifs is 4. The van der Waals surface area contributed by atoms with Gasteiger partial charge in [0.2, 0.25) is 0 Å². The summed E-state index contributed by atoms with van der Waals surface area (Å²) in [6, 6.07) is 43.0. The van der Waals surface area contributed by atoms with E-state index in [1.165, 1.54) is 39.2 Å². The van der Waals surface area contributed by atoms with Crippen LogP contribution >= 0.6 is 0 Å². The molecule has 0 bridgehead atoms. The normalized spacial score (nSPS) is 20.9. The summed E-state index contributed by atoms with van der Waals surface area (Å²) >= 11 is 0. The molecule has 294 valence electrons. The molecule has 0 N–H and O–H groups in total. The Hall–Kier alpha value is -6.82. The Kier molecular flexibility index (Phi) is 10.8. The zero-order valence-electron chi connectivity index (χ0n) is 34.7. The number of anilines is 3. The molecule has 2 nitrogen and oxygen atoms in total. The lowest BCUT2D eigenvalue weighted by Gasteiger charge is -2.37. The van der Waals surface area contributed by atoms with E-state index < -0.39 is 5.41 Å². The minimum absolute atomic E-state index is 0.205. The molecule has 5 aromatic rings. The summed E-state index contributed by atoms with van der Waals surface area (Å²) in [4.78, 5) is 4.79. The molecule has 5 aromatic carbocycles. The fourth-order valence-electron chi connectivity index (χ4n) is 9.49. The molecule has 4 atom stereocenters. The van der Waals surface area contributed by atoms with E-state index >= 15 is 0 Å². The van der Waals surface area contributed by atoms with Crippen molar-refractivity contribution in [2.45, 2.75) is 51.0 Å². The van der Waals surface area contributed by atoms with E-state index in [2.05, 4.69) is 231 Å². The minimum atomic E-state index is -0.576. The van der Waals surface area contributed by atoms with Crippen molar-refractivity contribution < 1.29 is 0 Å². The Labute approximate surface area is 357 Å². The average Bonchev–Trinajstić information content (AvgIpc) is 3.60. The number of benzene rings is 5. The highest BCUT2D eigenvalue weighted by molar-refractivity contribution is 5.89. The van der Waals surface area contributed by atoms with E-state index in [1.807, 2.05) is 0 Å². The molecule has 4 unspecified atom stereocenters. The van der Waals surface area contributed by atoms with Crippen LogP contribution in [0.15, 0.2) is 207 Å². The first kappa shape index (κ1) is 38.7. The van der Waals surface area contributed by atoms with Crippen molar-refractivity contribution in [1.29, 1.82) is 0 Å². The smallest absolute Gasteiger partial charge is 0.0636 e. The third-order valence-electron chi connectivity index (χ3n) is 12.8. The lowest BCUT2D eigenvalue weighted by Crippen LogP contribution is -2.35. The Morgan fingerprint density at radius 2 is 1.55 bits per heavy atom. The lowest BCUT2D eigenvalue weighted by atomic mass is 9.64. The van der Waals surface area contributed by atoms with E-state index in [4.69, 9.17) is 6.42 Å². The largest absolute Gasteiger partial charge is 0.340 e. The van der Waals surface area contributed by atoms with Crippen molar-refractivity contribution in [3.05, 3.63) is 229 Å². The van der Waals surface area contributed by atoms with Gasteiger partial charge in [-0.3, -0.25) is 0 Å². The van der Waals surface area contributed by atoms with Gasteiger partial charge < -0.3 is 9.80 Å². The summed E-state index contributed by atoms with van der Waals surface area (Å²) in [6.07, 6.45) is 39.5. The zero-order chi connectivity index (χ0) is 41.1. The molecule has 9 rings (SSSR count). The summed E-state index contributed by atoms with van der Waals surface area (Å²) in [6.45, 7) is 8.99. The van der Waals surface area contributed by atoms with Gasteiger partial charge in [-0.2, -0.15) is 0 Å². The highest BCUT2D eigenvalue weighted by Crippen LogP contribution is 2.57. The van der Waals surface area contributed by atoms with Gasteiger partial charge >= 0.3 is 0 Å². The van der Waals surface area contributed by atoms with Gasteiger partial charge in [-0.15, -0.1) is 6.42 Å². The van der Waals surface area contributed by atoms with Crippen molar-refractivity contribution >= 4 is 22.6 Å². The summed E-state index contributed by atoms with van der Waals surface area (Å²) < 4.78 is 0. The molecule has 1 heterocycles. The second-order valence-corrected chi connectivity index (χ2v) is 16.3. The van der Waals surface area contributed by atoms with Crippen LogP contribution in [0.5, 0.6) is 0 Å². The fraction of sp³-hybridized carbons (Fsp3) is 0.172. The van der Waals surface area contributed by atoms with E-state index in [-0.39, 0.29) is 12.0 Å². The van der Waals surface area contributed by atoms with Crippen LogP contribution < -0.4 is 9.80 Å². The van der Waals surface area contributed by atoms with E-state index in [0.29, 0.717) is 5.92 Å². The van der Waals surface area contributed by atoms with Crippen molar-refractivity contribution in [2.24, 2.45) is 11.8 Å². The van der Waals surface area contributed by atoms with Crippen LogP contribution in [0.25, 0.3) is 27.8 Å². The van der Waals surface area contributed by atoms with Crippen LogP contribution in [-0.2, 0) is 5.41 Å². The zero-order valence-corrected chi connectivity index (χ0v) is 34.7. The summed E-state index contributed by atoms with van der Waals surface area (Å²) in [5.41, 5.74) is 14.6. The van der Waals surface area contributed by atoms with E-state index in [0.717, 1.165) is 59.3 Å². The van der Waals surface area contributed by atoms with Crippen molar-refractivity contribution in [1.82, 2.24) is 0 Å². The Bertz CT molecular complexity index is 2670. The van der Waals surface area contributed by atoms with Crippen LogP contribution in [0.1, 0.15) is 61.8 Å². The van der Waals surface area contributed by atoms with Crippen molar-refractivity contribution in [3.63, 3.8) is 0 Å². The van der Waals surface area contributed by atoms with Crippen LogP contribution in [0, 0.1) is 24.2 Å². The molecule has 0 saturated heterocycles. The van der Waals surface area contributed by atoms with Gasteiger partial charge in [-0.1, -0.05) is 172 Å². The van der Waals surface area contributed by atoms with Gasteiger partial charge in [0, 0.05) is 34.5 Å². The maximum Gasteiger partial charge on any atom is 0.0636 e. The van der Waals surface area contributed by atoms with Gasteiger partial charge in [-0.25, -0.2) is 0 Å². The highest BCUT2D eigenvalue weighted by Gasteiger charge is 2.49. The first-order valence-corrected chi connectivity index (χ1v) is 21.5. The molecule has 0 fully saturated rings. The SMILES string of the molecule is C#CC(/C=C\C(C)CC)C1(c2ccccc2)c2ccccc2-c2ccc(N(C3=CCCC=C3)c3ccc(-c4ccc5c(c4)C(=C)/C=C\C=C/N5C4C=CC=CC4)cc3)cc21. The molecule has 0 saturated carbocycles. The summed E-state index contributed by atoms with van der Waals surface area (Å²) in [5, 5.41) is 0. The standard InChI is InChI=1S/C58H52N2/c1-5-42(3)29-33-46(6-2)58(47-21-10-7-11-22-47)55-28-17-16-27-52(55)53-37-36-51(41-56(53)58)60(49-25-14-9-15-26-49)50-34-30-44(31-35-50)45-32-38-57-54(40-45)43(4)20-18-19-39-59(57)48-23-12-8-13-24-48/h2,7-8,10-14,16-23,25-42,46,48H,4-5,9,15,24H2,1,3H3/b20-18-,33-29-,39-19-. The molecular weight excluding hydrogens is 725 g/mol. The Morgan fingerprint density at radius 1 is 0.767 bits per heavy atom. The number of rotatable bonds is 10. The van der Waals surface area contributed by atoms with Gasteiger partial charge in [0.25, 0.3) is 0 Å². The Morgan fingerprint density at radius 3 is 2.32 bits per heavy atom. The van der Waals surface area contributed by atoms with Crippen molar-refractivity contribution in [3.8, 4) is 34.6 Å². The van der Waals surface area contributed by atoms with E-state index in [1.54, 1.807) is 0 Å². The van der Waals surface area contributed by atoms with Crippen LogP contribution in [0.4, 0.5) is 17.1 Å². The second-order valence-electron chi connectivity index (χ2n) is 16.3. The van der Waals surface area contributed by atoms with Gasteiger partial charge in [0.1, 0.15) is 0 Å².